The van der Waals surface area contributed by atoms with E-state index in [-0.39, 0.29) is 11.2 Å². The van der Waals surface area contributed by atoms with Crippen molar-refractivity contribution in [2.45, 2.75) is 33.1 Å². The van der Waals surface area contributed by atoms with Gasteiger partial charge in [0.2, 0.25) is 0 Å². The van der Waals surface area contributed by atoms with Crippen LogP contribution in [0.5, 0.6) is 0 Å². The van der Waals surface area contributed by atoms with Gasteiger partial charge in [-0.3, -0.25) is 0 Å². The van der Waals surface area contributed by atoms with Crippen LogP contribution in [0.15, 0.2) is 22.7 Å². The van der Waals surface area contributed by atoms with Gasteiger partial charge in [-0.25, -0.2) is 4.39 Å². The highest BCUT2D eigenvalue weighted by Gasteiger charge is 2.23. The fraction of sp³-hybridized carbons (Fsp3) is 0.538. The van der Waals surface area contributed by atoms with Crippen LogP contribution in [-0.2, 0) is 6.42 Å². The average molecular weight is 352 g/mol. The summed E-state index contributed by atoms with van der Waals surface area (Å²) in [6, 6.07) is 5.31. The second kappa shape index (κ2) is 6.15. The van der Waals surface area contributed by atoms with Crippen LogP contribution in [0.25, 0.3) is 0 Å². The van der Waals surface area contributed by atoms with Crippen molar-refractivity contribution in [3.63, 3.8) is 0 Å². The average Bonchev–Trinajstić information content (AvgIpc) is 2.23. The molecule has 3 heteroatoms. The van der Waals surface area contributed by atoms with Crippen molar-refractivity contribution in [2.75, 3.05) is 5.33 Å². The lowest BCUT2D eigenvalue weighted by Gasteiger charge is -2.27. The molecule has 0 aliphatic rings. The van der Waals surface area contributed by atoms with Gasteiger partial charge in [-0.1, -0.05) is 58.2 Å². The molecule has 16 heavy (non-hydrogen) atoms. The normalized spacial score (nSPS) is 14.8. The lowest BCUT2D eigenvalue weighted by molar-refractivity contribution is 0.335. The first kappa shape index (κ1) is 14.2. The van der Waals surface area contributed by atoms with Gasteiger partial charge in [0, 0.05) is 9.80 Å². The molecular weight excluding hydrogens is 335 g/mol. The molecule has 1 unspecified atom stereocenters. The molecule has 0 nitrogen and oxygen atoms in total. The van der Waals surface area contributed by atoms with Crippen LogP contribution < -0.4 is 0 Å². The molecule has 1 aromatic carbocycles. The van der Waals surface area contributed by atoms with Crippen LogP contribution >= 0.6 is 31.9 Å². The monoisotopic (exact) mass is 350 g/mol. The first-order chi connectivity index (χ1) is 7.50. The topological polar surface area (TPSA) is 0 Å². The molecule has 0 saturated heterocycles. The molecule has 0 bridgehead atoms. The summed E-state index contributed by atoms with van der Waals surface area (Å²) in [5.41, 5.74) is 0.947. The van der Waals surface area contributed by atoms with Crippen molar-refractivity contribution in [1.29, 1.82) is 0 Å². The molecule has 0 aliphatic heterocycles. The Balaban J connectivity index is 2.85. The molecule has 0 fully saturated rings. The van der Waals surface area contributed by atoms with Crippen LogP contribution in [0.2, 0.25) is 0 Å². The van der Waals surface area contributed by atoms with Crippen molar-refractivity contribution in [3.05, 3.63) is 34.1 Å². The highest BCUT2D eigenvalue weighted by Crippen LogP contribution is 2.31. The van der Waals surface area contributed by atoms with Gasteiger partial charge in [0.1, 0.15) is 5.82 Å². The summed E-state index contributed by atoms with van der Waals surface area (Å²) < 4.78 is 14.5. The maximum absolute atomic E-state index is 13.7. The van der Waals surface area contributed by atoms with Gasteiger partial charge in [0.15, 0.2) is 0 Å². The fourth-order valence-corrected chi connectivity index (χ4v) is 2.74. The van der Waals surface area contributed by atoms with Gasteiger partial charge in [-0.05, 0) is 36.0 Å². The summed E-state index contributed by atoms with van der Waals surface area (Å²) in [4.78, 5) is 0. The summed E-state index contributed by atoms with van der Waals surface area (Å²) in [5.74, 6) is -0.113. The van der Waals surface area contributed by atoms with Crippen LogP contribution in [0.3, 0.4) is 0 Å². The molecule has 1 aromatic rings. The molecule has 1 rings (SSSR count). The second-order valence-electron chi connectivity index (χ2n) is 4.61. The molecule has 0 saturated carbocycles. The van der Waals surface area contributed by atoms with Crippen molar-refractivity contribution in [3.8, 4) is 0 Å². The van der Waals surface area contributed by atoms with E-state index in [1.165, 1.54) is 6.07 Å². The van der Waals surface area contributed by atoms with E-state index in [1.54, 1.807) is 0 Å². The number of halogens is 3. The summed E-state index contributed by atoms with van der Waals surface area (Å²) >= 11 is 6.81. The quantitative estimate of drug-likeness (QED) is 0.629. The predicted molar refractivity (Wildman–Crippen MR) is 74.6 cm³/mol. The van der Waals surface area contributed by atoms with E-state index >= 15 is 0 Å². The number of benzene rings is 1. The first-order valence-electron chi connectivity index (χ1n) is 5.50. The number of hydrogen-bond donors (Lipinski definition) is 0. The van der Waals surface area contributed by atoms with Gasteiger partial charge in [-0.15, -0.1) is 0 Å². The van der Waals surface area contributed by atoms with Crippen LogP contribution in [0, 0.1) is 11.2 Å². The Kier molecular flexibility index (Phi) is 5.45. The van der Waals surface area contributed by atoms with E-state index in [4.69, 9.17) is 0 Å². The molecule has 0 aliphatic carbocycles. The van der Waals surface area contributed by atoms with E-state index in [0.717, 1.165) is 34.6 Å². The molecule has 0 aromatic heterocycles. The van der Waals surface area contributed by atoms with E-state index in [0.29, 0.717) is 0 Å². The molecule has 0 spiro atoms. The van der Waals surface area contributed by atoms with E-state index < -0.39 is 0 Å². The largest absolute Gasteiger partial charge is 0.207 e. The van der Waals surface area contributed by atoms with Gasteiger partial charge in [-0.2, -0.15) is 0 Å². The Hall–Kier alpha value is 0.110. The van der Waals surface area contributed by atoms with E-state index in [9.17, 15) is 4.39 Å². The Morgan fingerprint density at radius 2 is 2.06 bits per heavy atom. The Morgan fingerprint density at radius 3 is 2.56 bits per heavy atom. The van der Waals surface area contributed by atoms with Crippen molar-refractivity contribution in [1.82, 2.24) is 0 Å². The lowest BCUT2D eigenvalue weighted by atomic mass is 9.81. The molecule has 0 radical (unpaired) electrons. The SMILES string of the molecule is CCCC(C)(CBr)Cc1ccc(Br)cc1F. The standard InChI is InChI=1S/C13H17Br2F/c1-3-6-13(2,9-14)8-10-4-5-11(15)7-12(10)16/h4-5,7H,3,6,8-9H2,1-2H3. The minimum atomic E-state index is -0.113. The number of hydrogen-bond acceptors (Lipinski definition) is 0. The molecule has 90 valence electrons. The Bertz CT molecular complexity index is 352. The summed E-state index contributed by atoms with van der Waals surface area (Å²) in [6.45, 7) is 4.37. The third kappa shape index (κ3) is 3.85. The van der Waals surface area contributed by atoms with Gasteiger partial charge < -0.3 is 0 Å². The maximum Gasteiger partial charge on any atom is 0.127 e. The maximum atomic E-state index is 13.7. The Labute approximate surface area is 114 Å². The van der Waals surface area contributed by atoms with Crippen LogP contribution in [0.1, 0.15) is 32.3 Å². The minimum Gasteiger partial charge on any atom is -0.207 e. The first-order valence-corrected chi connectivity index (χ1v) is 7.42. The summed E-state index contributed by atoms with van der Waals surface area (Å²) in [7, 11) is 0. The molecule has 0 amide bonds. The lowest BCUT2D eigenvalue weighted by Crippen LogP contribution is -2.21. The van der Waals surface area contributed by atoms with E-state index in [2.05, 4.69) is 45.7 Å². The molecular formula is C13H17Br2F. The number of alkyl halides is 1. The number of rotatable bonds is 5. The highest BCUT2D eigenvalue weighted by atomic mass is 79.9. The Morgan fingerprint density at radius 1 is 1.38 bits per heavy atom. The zero-order valence-corrected chi connectivity index (χ0v) is 12.9. The predicted octanol–water partition coefficient (Wildman–Crippen LogP) is 5.33. The third-order valence-electron chi connectivity index (χ3n) is 2.81. The minimum absolute atomic E-state index is 0.113. The van der Waals surface area contributed by atoms with Gasteiger partial charge >= 0.3 is 0 Å². The highest BCUT2D eigenvalue weighted by molar-refractivity contribution is 9.10. The zero-order chi connectivity index (χ0) is 12.2. The molecule has 0 N–H and O–H groups in total. The molecule has 0 heterocycles. The molecule has 1 atom stereocenters. The second-order valence-corrected chi connectivity index (χ2v) is 6.08. The summed E-state index contributed by atoms with van der Waals surface area (Å²) in [5, 5.41) is 0.906. The zero-order valence-electron chi connectivity index (χ0n) is 9.69. The smallest absolute Gasteiger partial charge is 0.127 e. The van der Waals surface area contributed by atoms with Crippen LogP contribution in [0.4, 0.5) is 4.39 Å². The van der Waals surface area contributed by atoms with Crippen LogP contribution in [-0.4, -0.2) is 5.33 Å². The third-order valence-corrected chi connectivity index (χ3v) is 4.66. The van der Waals surface area contributed by atoms with E-state index in [1.807, 2.05) is 12.1 Å². The fourth-order valence-electron chi connectivity index (χ4n) is 1.93. The summed E-state index contributed by atoms with van der Waals surface area (Å²) in [6.07, 6.45) is 3.01. The van der Waals surface area contributed by atoms with Crippen molar-refractivity contribution in [2.24, 2.45) is 5.41 Å². The van der Waals surface area contributed by atoms with Crippen molar-refractivity contribution < 1.29 is 4.39 Å². The van der Waals surface area contributed by atoms with Crippen molar-refractivity contribution >= 4 is 31.9 Å². The van der Waals surface area contributed by atoms with Gasteiger partial charge in [0.25, 0.3) is 0 Å². The van der Waals surface area contributed by atoms with Gasteiger partial charge in [0.05, 0.1) is 0 Å².